The molecular weight excluding hydrogens is 1270 g/mol. The topological polar surface area (TPSA) is 231 Å². The van der Waals surface area contributed by atoms with Gasteiger partial charge in [0.2, 0.25) is 0 Å². The number of hydrogen-bond acceptors (Lipinski definition) is 14. The molecule has 5 unspecified atom stereocenters. The van der Waals surface area contributed by atoms with E-state index in [1.807, 2.05) is 18.2 Å². The Labute approximate surface area is 587 Å². The van der Waals surface area contributed by atoms with E-state index in [0.717, 1.165) is 135 Å². The smallest absolute Gasteiger partial charge is 0.463 e. The predicted octanol–water partition coefficient (Wildman–Crippen LogP) is 21.1. The number of ether oxygens (including phenoxy) is 3. The van der Waals surface area contributed by atoms with Crippen LogP contribution in [0.5, 0.6) is 0 Å². The Hall–Kier alpha value is -4.83. The number of phosphoric acid groups is 2. The number of hydrogen-bond donors (Lipinski definition) is 4. The second kappa shape index (κ2) is 71.0. The van der Waals surface area contributed by atoms with Gasteiger partial charge in [-0.25, -0.2) is 9.13 Å². The quantitative estimate of drug-likeness (QED) is 0.0146. The molecule has 0 saturated carbocycles. The Morgan fingerprint density at radius 2 is 0.567 bits per heavy atom. The van der Waals surface area contributed by atoms with Gasteiger partial charge in [-0.15, -0.1) is 0 Å². The molecule has 0 aromatic heterocycles. The summed E-state index contributed by atoms with van der Waals surface area (Å²) in [5.41, 5.74) is 0. The van der Waals surface area contributed by atoms with Crippen molar-refractivity contribution in [3.05, 3.63) is 158 Å². The molecule has 0 amide bonds. The van der Waals surface area contributed by atoms with Gasteiger partial charge in [0, 0.05) is 19.3 Å². The zero-order chi connectivity index (χ0) is 70.9. The lowest BCUT2D eigenvalue weighted by Gasteiger charge is -2.21. The van der Waals surface area contributed by atoms with Crippen LogP contribution in [0.25, 0.3) is 0 Å². The molecule has 0 aromatic carbocycles. The summed E-state index contributed by atoms with van der Waals surface area (Å²) in [6, 6.07) is 0. The van der Waals surface area contributed by atoms with E-state index in [1.165, 1.54) is 64.2 Å². The average Bonchev–Trinajstić information content (AvgIpc) is 2.81. The number of carbonyl (C=O) groups excluding carboxylic acids is 3. The van der Waals surface area contributed by atoms with Crippen molar-refractivity contribution in [1.29, 1.82) is 0 Å². The highest BCUT2D eigenvalue weighted by atomic mass is 31.2. The van der Waals surface area contributed by atoms with Gasteiger partial charge in [0.25, 0.3) is 0 Å². The summed E-state index contributed by atoms with van der Waals surface area (Å²) in [5, 5.41) is 20.6. The molecule has 97 heavy (non-hydrogen) atoms. The molecule has 0 heterocycles. The molecule has 0 fully saturated rings. The van der Waals surface area contributed by atoms with Crippen LogP contribution in [0.1, 0.15) is 265 Å². The molecule has 0 rings (SSSR count). The Bertz CT molecular complexity index is 2400. The summed E-state index contributed by atoms with van der Waals surface area (Å²) in [5.74, 6) is -1.70. The van der Waals surface area contributed by atoms with Gasteiger partial charge in [-0.1, -0.05) is 275 Å². The highest BCUT2D eigenvalue weighted by Gasteiger charge is 2.29. The maximum Gasteiger partial charge on any atom is 0.472 e. The molecule has 0 spiro atoms. The maximum absolute atomic E-state index is 12.9. The van der Waals surface area contributed by atoms with Crippen LogP contribution >= 0.6 is 15.6 Å². The first-order valence-electron chi connectivity index (χ1n) is 36.8. The minimum Gasteiger partial charge on any atom is -0.463 e. The Balaban J connectivity index is 4.48. The summed E-state index contributed by atoms with van der Waals surface area (Å²) >= 11 is 0. The van der Waals surface area contributed by atoms with Crippen LogP contribution in [0.4, 0.5) is 0 Å². The molecule has 18 heteroatoms. The van der Waals surface area contributed by atoms with Crippen molar-refractivity contribution in [2.45, 2.75) is 283 Å². The molecule has 0 saturated heterocycles. The SMILES string of the molecule is CC/C=C\C/C=C\C/C=C\C/C=C\C/C=C\C/C=C\CCCCCCCCCCCCCCC(=O)OCC(O)COP(=O)(O)OCC(O)COP(=O)(O)OCC(COC(=O)CC/C=C\C/C=C\C/C=C\C/C=C\C/C=C\C/C=C\CC)OC(=O)CCCCCCC/C=C\CCCC. The lowest BCUT2D eigenvalue weighted by atomic mass is 10.0. The first kappa shape index (κ1) is 92.2. The fourth-order valence-electron chi connectivity index (χ4n) is 9.17. The maximum atomic E-state index is 12.9. The summed E-state index contributed by atoms with van der Waals surface area (Å²) in [6.45, 7) is 2.28. The molecule has 0 aliphatic carbocycles. The summed E-state index contributed by atoms with van der Waals surface area (Å²) in [4.78, 5) is 58.3. The van der Waals surface area contributed by atoms with Crippen molar-refractivity contribution in [2.75, 3.05) is 39.6 Å². The van der Waals surface area contributed by atoms with Crippen LogP contribution in [0.3, 0.4) is 0 Å². The van der Waals surface area contributed by atoms with E-state index in [9.17, 15) is 43.5 Å². The molecule has 552 valence electrons. The van der Waals surface area contributed by atoms with Crippen LogP contribution in [-0.4, -0.2) is 95.9 Å². The van der Waals surface area contributed by atoms with E-state index in [0.29, 0.717) is 25.7 Å². The second-order valence-corrected chi connectivity index (χ2v) is 26.9. The number of rotatable bonds is 68. The van der Waals surface area contributed by atoms with E-state index in [1.54, 1.807) is 0 Å². The normalized spacial score (nSPS) is 15.0. The third-order valence-corrected chi connectivity index (χ3v) is 16.6. The fraction of sp³-hybridized carbons (Fsp3) is 0.633. The monoisotopic (exact) mass is 1400 g/mol. The number of allylic oxidation sites excluding steroid dienone is 26. The zero-order valence-corrected chi connectivity index (χ0v) is 61.7. The van der Waals surface area contributed by atoms with Gasteiger partial charge in [0.1, 0.15) is 25.4 Å². The molecule has 0 bridgehead atoms. The van der Waals surface area contributed by atoms with Crippen molar-refractivity contribution in [2.24, 2.45) is 0 Å². The van der Waals surface area contributed by atoms with Crippen LogP contribution in [-0.2, 0) is 55.8 Å². The highest BCUT2D eigenvalue weighted by Crippen LogP contribution is 2.45. The Morgan fingerprint density at radius 1 is 0.299 bits per heavy atom. The van der Waals surface area contributed by atoms with Gasteiger partial charge in [-0.3, -0.25) is 32.5 Å². The lowest BCUT2D eigenvalue weighted by molar-refractivity contribution is -0.161. The zero-order valence-electron chi connectivity index (χ0n) is 59.9. The van der Waals surface area contributed by atoms with Crippen molar-refractivity contribution in [3.63, 3.8) is 0 Å². The number of unbranched alkanes of at least 4 members (excludes halogenated alkanes) is 19. The van der Waals surface area contributed by atoms with Gasteiger partial charge in [-0.2, -0.15) is 0 Å². The molecule has 0 aromatic rings. The molecule has 16 nitrogen and oxygen atoms in total. The number of aliphatic hydroxyl groups excluding tert-OH is 2. The van der Waals surface area contributed by atoms with E-state index in [4.69, 9.17) is 32.3 Å². The molecule has 5 atom stereocenters. The van der Waals surface area contributed by atoms with Gasteiger partial charge in [0.05, 0.1) is 26.4 Å². The van der Waals surface area contributed by atoms with Gasteiger partial charge < -0.3 is 34.2 Å². The van der Waals surface area contributed by atoms with Crippen molar-refractivity contribution in [3.8, 4) is 0 Å². The average molecular weight is 1400 g/mol. The standard InChI is InChI=1S/C79H130O16P2/c1-4-7-10-13-16-19-22-24-26-28-30-31-32-33-34-35-36-37-38-39-40-41-43-45-46-48-51-53-56-59-62-65-77(82)89-68-74(80)69-91-96(85,86)92-70-75(81)71-93-97(87,88)94-73-76(95-79(84)67-64-61-58-55-50-21-18-15-12-9-6-3)72-90-78(83)66-63-60-57-54-52-49-47-44-42-29-27-25-23-20-17-14-11-8-5-2/h7-8,10-11,15-20,24-27,30-31,33-34,36-37,42,44,49,52,57,60,74-76,80-81H,4-6,9,12-14,21-23,28-29,32,35,38-41,43,45-48,50-51,53-56,58-59,61-73H2,1-3H3,(H,85,86)(H,87,88)/b10-7-,11-8-,18-15-,19-16-,20-17-,26-24-,27-25-,31-30-,34-33-,37-36-,44-42-,52-49-,60-57-. The van der Waals surface area contributed by atoms with E-state index in [2.05, 4.69) is 161 Å². The van der Waals surface area contributed by atoms with Gasteiger partial charge >= 0.3 is 33.6 Å². The van der Waals surface area contributed by atoms with Crippen molar-refractivity contribution < 1.29 is 75.8 Å². The van der Waals surface area contributed by atoms with Crippen LogP contribution in [0, 0.1) is 0 Å². The van der Waals surface area contributed by atoms with Crippen molar-refractivity contribution in [1.82, 2.24) is 0 Å². The van der Waals surface area contributed by atoms with Crippen LogP contribution < -0.4 is 0 Å². The second-order valence-electron chi connectivity index (χ2n) is 24.0. The van der Waals surface area contributed by atoms with Gasteiger partial charge in [0.15, 0.2) is 6.10 Å². The number of carbonyl (C=O) groups is 3. The van der Waals surface area contributed by atoms with Crippen LogP contribution in [0.15, 0.2) is 158 Å². The first-order valence-corrected chi connectivity index (χ1v) is 39.8. The predicted molar refractivity (Wildman–Crippen MR) is 399 cm³/mol. The minimum absolute atomic E-state index is 0.0397. The van der Waals surface area contributed by atoms with E-state index in [-0.39, 0.29) is 19.3 Å². The number of esters is 3. The summed E-state index contributed by atoms with van der Waals surface area (Å²) in [7, 11) is -9.81. The first-order chi connectivity index (χ1) is 47.2. The molecule has 0 aliphatic heterocycles. The minimum atomic E-state index is -4.94. The third kappa shape index (κ3) is 72.2. The summed E-state index contributed by atoms with van der Waals surface area (Å²) < 4.78 is 60.8. The molecule has 0 radical (unpaired) electrons. The number of aliphatic hydroxyl groups is 2. The molecule has 4 N–H and O–H groups in total. The molecular formula is C79H130O16P2. The van der Waals surface area contributed by atoms with Crippen molar-refractivity contribution >= 4 is 33.6 Å². The summed E-state index contributed by atoms with van der Waals surface area (Å²) in [6.07, 6.45) is 87.6. The Morgan fingerprint density at radius 3 is 0.938 bits per heavy atom. The van der Waals surface area contributed by atoms with Gasteiger partial charge in [-0.05, 0) is 128 Å². The third-order valence-electron chi connectivity index (χ3n) is 14.7. The lowest BCUT2D eigenvalue weighted by Crippen LogP contribution is -2.30. The highest BCUT2D eigenvalue weighted by molar-refractivity contribution is 7.47. The van der Waals surface area contributed by atoms with Crippen LogP contribution in [0.2, 0.25) is 0 Å². The number of phosphoric ester groups is 2. The van der Waals surface area contributed by atoms with E-state index >= 15 is 0 Å². The molecule has 0 aliphatic rings. The van der Waals surface area contributed by atoms with E-state index < -0.39 is 91.5 Å². The largest absolute Gasteiger partial charge is 0.472 e. The fourth-order valence-corrected chi connectivity index (χ4v) is 10.8. The Kier molecular flexibility index (Phi) is 67.5.